The van der Waals surface area contributed by atoms with Gasteiger partial charge >= 0.3 is 0 Å². The number of hydrogen-bond donors (Lipinski definition) is 2. The van der Waals surface area contributed by atoms with Gasteiger partial charge in [0.15, 0.2) is 0 Å². The van der Waals surface area contributed by atoms with Crippen LogP contribution in [0.3, 0.4) is 0 Å². The molecule has 2 aromatic carbocycles. The predicted octanol–water partition coefficient (Wildman–Crippen LogP) is 3.53. The second-order valence-corrected chi connectivity index (χ2v) is 5.68. The molecule has 2 aromatic rings. The van der Waals surface area contributed by atoms with Crippen LogP contribution < -0.4 is 10.6 Å². The summed E-state index contributed by atoms with van der Waals surface area (Å²) in [7, 11) is 0. The quantitative estimate of drug-likeness (QED) is 0.802. The molecule has 0 saturated heterocycles. The number of thioether (sulfide) groups is 1. The summed E-state index contributed by atoms with van der Waals surface area (Å²) in [6.45, 7) is 2.42. The van der Waals surface area contributed by atoms with Crippen LogP contribution in [0.25, 0.3) is 0 Å². The van der Waals surface area contributed by atoms with Crippen LogP contribution in [0, 0.1) is 0 Å². The Morgan fingerprint density at radius 2 is 1.90 bits per heavy atom. The molecule has 0 radical (unpaired) electrons. The third kappa shape index (κ3) is 4.83. The zero-order chi connectivity index (χ0) is 15.1. The molecule has 1 amide bonds. The van der Waals surface area contributed by atoms with Crippen LogP contribution >= 0.6 is 11.8 Å². The highest BCUT2D eigenvalue weighted by Gasteiger charge is 2.12. The van der Waals surface area contributed by atoms with Gasteiger partial charge in [-0.2, -0.15) is 0 Å². The highest BCUT2D eigenvalue weighted by molar-refractivity contribution is 7.98. The topological polar surface area (TPSA) is 41.1 Å². The zero-order valence-electron chi connectivity index (χ0n) is 12.3. The summed E-state index contributed by atoms with van der Waals surface area (Å²) in [5.74, 6) is -0.00610. The lowest BCUT2D eigenvalue weighted by Crippen LogP contribution is -2.37. The first kappa shape index (κ1) is 15.4. The molecule has 4 heteroatoms. The molecule has 0 aromatic heterocycles. The van der Waals surface area contributed by atoms with E-state index in [1.165, 1.54) is 4.90 Å². The van der Waals surface area contributed by atoms with E-state index in [9.17, 15) is 4.79 Å². The summed E-state index contributed by atoms with van der Waals surface area (Å²) in [5.41, 5.74) is 2.06. The molecule has 0 unspecified atom stereocenters. The molecule has 2 rings (SSSR count). The molecule has 0 aliphatic rings. The molecule has 0 aliphatic carbocycles. The molecule has 0 saturated carbocycles. The predicted molar refractivity (Wildman–Crippen MR) is 89.6 cm³/mol. The summed E-state index contributed by atoms with van der Waals surface area (Å²) in [6.07, 6.45) is 2.04. The Morgan fingerprint density at radius 3 is 2.62 bits per heavy atom. The standard InChI is InChI=1S/C17H20N2OS/c1-13(19-15-9-6-10-16(11-15)21-2)17(20)18-12-14-7-4-3-5-8-14/h3-11,13,19H,12H2,1-2H3,(H,18,20)/t13-/m1/s1. The van der Waals surface area contributed by atoms with E-state index in [-0.39, 0.29) is 11.9 Å². The second kappa shape index (κ2) is 7.74. The van der Waals surface area contributed by atoms with Crippen LogP contribution in [0.4, 0.5) is 5.69 Å². The number of carbonyl (C=O) groups is 1. The molecule has 0 heterocycles. The van der Waals surface area contributed by atoms with Crippen molar-refractivity contribution in [3.63, 3.8) is 0 Å². The minimum Gasteiger partial charge on any atom is -0.374 e. The number of rotatable bonds is 6. The average molecular weight is 300 g/mol. The Balaban J connectivity index is 1.87. The van der Waals surface area contributed by atoms with Crippen LogP contribution in [0.2, 0.25) is 0 Å². The Kier molecular flexibility index (Phi) is 5.69. The summed E-state index contributed by atoms with van der Waals surface area (Å²) in [5, 5.41) is 6.17. The number of anilines is 1. The number of carbonyl (C=O) groups excluding carboxylic acids is 1. The van der Waals surface area contributed by atoms with Crippen molar-refractivity contribution in [2.75, 3.05) is 11.6 Å². The van der Waals surface area contributed by atoms with Crippen molar-refractivity contribution < 1.29 is 4.79 Å². The van der Waals surface area contributed by atoms with Crippen molar-refractivity contribution in [2.24, 2.45) is 0 Å². The van der Waals surface area contributed by atoms with E-state index in [1.807, 2.05) is 61.7 Å². The normalized spacial score (nSPS) is 11.7. The van der Waals surface area contributed by atoms with Gasteiger partial charge in [-0.05, 0) is 36.9 Å². The molecule has 0 aliphatic heterocycles. The molecule has 1 atom stereocenters. The van der Waals surface area contributed by atoms with Crippen molar-refractivity contribution >= 4 is 23.4 Å². The van der Waals surface area contributed by atoms with Crippen molar-refractivity contribution in [1.29, 1.82) is 0 Å². The van der Waals surface area contributed by atoms with Crippen LogP contribution in [0.1, 0.15) is 12.5 Å². The van der Waals surface area contributed by atoms with E-state index in [0.717, 1.165) is 11.3 Å². The number of benzene rings is 2. The Morgan fingerprint density at radius 1 is 1.14 bits per heavy atom. The first-order valence-corrected chi connectivity index (χ1v) is 8.14. The molecule has 21 heavy (non-hydrogen) atoms. The zero-order valence-corrected chi connectivity index (χ0v) is 13.1. The van der Waals surface area contributed by atoms with Gasteiger partial charge in [0, 0.05) is 17.1 Å². The van der Waals surface area contributed by atoms with Gasteiger partial charge in [-0.25, -0.2) is 0 Å². The largest absolute Gasteiger partial charge is 0.374 e. The summed E-state index contributed by atoms with van der Waals surface area (Å²) in [4.78, 5) is 13.3. The average Bonchev–Trinajstić information content (AvgIpc) is 2.53. The van der Waals surface area contributed by atoms with E-state index in [1.54, 1.807) is 11.8 Å². The minimum atomic E-state index is -0.272. The molecule has 110 valence electrons. The lowest BCUT2D eigenvalue weighted by molar-refractivity contribution is -0.121. The van der Waals surface area contributed by atoms with Gasteiger partial charge in [-0.3, -0.25) is 4.79 Å². The monoisotopic (exact) mass is 300 g/mol. The van der Waals surface area contributed by atoms with Gasteiger partial charge < -0.3 is 10.6 Å². The fourth-order valence-corrected chi connectivity index (χ4v) is 2.43. The van der Waals surface area contributed by atoms with E-state index in [0.29, 0.717) is 6.54 Å². The van der Waals surface area contributed by atoms with Crippen molar-refractivity contribution in [1.82, 2.24) is 5.32 Å². The van der Waals surface area contributed by atoms with E-state index >= 15 is 0 Å². The van der Waals surface area contributed by atoms with Crippen molar-refractivity contribution in [3.8, 4) is 0 Å². The van der Waals surface area contributed by atoms with Gasteiger partial charge in [-0.15, -0.1) is 11.8 Å². The third-order valence-corrected chi connectivity index (χ3v) is 3.88. The lowest BCUT2D eigenvalue weighted by atomic mass is 10.2. The van der Waals surface area contributed by atoms with Crippen LogP contribution in [0.5, 0.6) is 0 Å². The van der Waals surface area contributed by atoms with Gasteiger partial charge in [0.25, 0.3) is 0 Å². The highest BCUT2D eigenvalue weighted by atomic mass is 32.2. The molecule has 0 fully saturated rings. The Hall–Kier alpha value is -1.94. The maximum atomic E-state index is 12.1. The fourth-order valence-electron chi connectivity index (χ4n) is 1.97. The third-order valence-electron chi connectivity index (χ3n) is 3.16. The van der Waals surface area contributed by atoms with Crippen LogP contribution in [-0.2, 0) is 11.3 Å². The minimum absolute atomic E-state index is 0.00610. The Labute approximate surface area is 130 Å². The smallest absolute Gasteiger partial charge is 0.242 e. The fraction of sp³-hybridized carbons (Fsp3) is 0.235. The summed E-state index contributed by atoms with van der Waals surface area (Å²) in [6, 6.07) is 17.7. The number of amides is 1. The molecule has 2 N–H and O–H groups in total. The van der Waals surface area contributed by atoms with Crippen molar-refractivity contribution in [2.45, 2.75) is 24.4 Å². The maximum Gasteiger partial charge on any atom is 0.242 e. The van der Waals surface area contributed by atoms with Gasteiger partial charge in [-0.1, -0.05) is 36.4 Å². The molecule has 3 nitrogen and oxygen atoms in total. The first-order chi connectivity index (χ1) is 10.2. The van der Waals surface area contributed by atoms with Crippen LogP contribution in [-0.4, -0.2) is 18.2 Å². The van der Waals surface area contributed by atoms with Gasteiger partial charge in [0.2, 0.25) is 5.91 Å². The first-order valence-electron chi connectivity index (χ1n) is 6.91. The molecular formula is C17H20N2OS. The Bertz CT molecular complexity index is 586. The van der Waals surface area contributed by atoms with E-state index < -0.39 is 0 Å². The molecule has 0 bridgehead atoms. The van der Waals surface area contributed by atoms with Gasteiger partial charge in [0.1, 0.15) is 6.04 Å². The molecular weight excluding hydrogens is 280 g/mol. The second-order valence-electron chi connectivity index (χ2n) is 4.80. The number of hydrogen-bond acceptors (Lipinski definition) is 3. The summed E-state index contributed by atoms with van der Waals surface area (Å²) >= 11 is 1.69. The van der Waals surface area contributed by atoms with E-state index in [2.05, 4.69) is 16.7 Å². The summed E-state index contributed by atoms with van der Waals surface area (Å²) < 4.78 is 0. The van der Waals surface area contributed by atoms with Crippen molar-refractivity contribution in [3.05, 3.63) is 60.2 Å². The maximum absolute atomic E-state index is 12.1. The SMILES string of the molecule is CSc1cccc(N[C@H](C)C(=O)NCc2ccccc2)c1. The highest BCUT2D eigenvalue weighted by Crippen LogP contribution is 2.19. The van der Waals surface area contributed by atoms with Crippen LogP contribution in [0.15, 0.2) is 59.5 Å². The van der Waals surface area contributed by atoms with Gasteiger partial charge in [0.05, 0.1) is 0 Å². The van der Waals surface area contributed by atoms with E-state index in [4.69, 9.17) is 0 Å². The molecule has 0 spiro atoms. The lowest BCUT2D eigenvalue weighted by Gasteiger charge is -2.15. The number of nitrogens with one attached hydrogen (secondary N) is 2.